The smallest absolute Gasteiger partial charge is 0.322 e. The highest BCUT2D eigenvalue weighted by atomic mass is 16.4. The molecule has 0 aliphatic carbocycles. The molecule has 1 aromatic heterocycles. The van der Waals surface area contributed by atoms with Gasteiger partial charge in [-0.1, -0.05) is 60.7 Å². The number of carbonyl (C=O) groups is 10. The van der Waals surface area contributed by atoms with Crippen LogP contribution in [0, 0.1) is 0 Å². The number of carbonyl (C=O) groups excluding carboxylic acids is 9. The standard InChI is InChI=1S/C52H63N11O12/c53-26-43(65)61-20-6-13-40(61)50(73)59-38(24-32-16-18-34(64)19-17-32)48(71)56-29-44(66)62-21-7-14-41(62)51(74)58-37(23-31-9-2-1-3-10-31)47(70)55-28-45(67)63-22-8-15-42(63)52(75)60-39(49(72)57-30-46(68)69)25-33-27-54-36-12-5-4-11-35(33)36/h1-5,9-12,16-19,27,37-42,54,64H,6-8,13-15,20-26,28-30,53H2,(H,55,70)(H,56,71)(H,57,72)(H,58,74)(H,59,73)(H,60,75)(H,68,69)/t37-,38-,39-,40-,41-,42-/m0/s1. The molecule has 11 N–H and O–H groups in total. The van der Waals surface area contributed by atoms with Gasteiger partial charge in [-0.3, -0.25) is 47.9 Å². The van der Waals surface area contributed by atoms with Crippen molar-refractivity contribution < 1.29 is 58.2 Å². The first-order valence-corrected chi connectivity index (χ1v) is 25.0. The maximum Gasteiger partial charge on any atom is 0.322 e. The van der Waals surface area contributed by atoms with Gasteiger partial charge in [0.1, 0.15) is 48.5 Å². The number of H-pyrrole nitrogens is 1. The van der Waals surface area contributed by atoms with Crippen LogP contribution in [0.1, 0.15) is 55.2 Å². The van der Waals surface area contributed by atoms with E-state index in [2.05, 4.69) is 36.9 Å². The van der Waals surface area contributed by atoms with Crippen LogP contribution >= 0.6 is 0 Å². The quantitative estimate of drug-likeness (QED) is 0.0439. The topological polar surface area (TPSA) is 335 Å². The van der Waals surface area contributed by atoms with Gasteiger partial charge in [0.05, 0.1) is 19.6 Å². The molecule has 6 atom stereocenters. The van der Waals surface area contributed by atoms with Crippen molar-refractivity contribution in [3.63, 3.8) is 0 Å². The number of rotatable bonds is 22. The molecule has 7 rings (SSSR count). The fraction of sp³-hybridized carbons (Fsp3) is 0.423. The molecule has 0 spiro atoms. The van der Waals surface area contributed by atoms with Crippen LogP contribution in [0.25, 0.3) is 10.9 Å². The van der Waals surface area contributed by atoms with Gasteiger partial charge in [-0.25, -0.2) is 0 Å². The van der Waals surface area contributed by atoms with Crippen LogP contribution in [0.3, 0.4) is 0 Å². The number of phenols is 1. The Morgan fingerprint density at radius 1 is 0.547 bits per heavy atom. The number of amides is 9. The van der Waals surface area contributed by atoms with E-state index in [0.29, 0.717) is 48.9 Å². The van der Waals surface area contributed by atoms with Crippen LogP contribution < -0.4 is 37.6 Å². The van der Waals surface area contributed by atoms with Gasteiger partial charge in [-0.2, -0.15) is 0 Å². The normalized spacial score (nSPS) is 18.4. The molecule has 3 aliphatic heterocycles. The Hall–Kier alpha value is -8.34. The van der Waals surface area contributed by atoms with E-state index >= 15 is 0 Å². The predicted octanol–water partition coefficient (Wildman–Crippen LogP) is -1.28. The first-order chi connectivity index (χ1) is 36.1. The number of nitrogens with one attached hydrogen (secondary N) is 7. The number of aromatic hydroxyl groups is 1. The van der Waals surface area contributed by atoms with Crippen molar-refractivity contribution in [2.24, 2.45) is 5.73 Å². The van der Waals surface area contributed by atoms with Gasteiger partial charge in [0, 0.05) is 56.0 Å². The molecule has 0 bridgehead atoms. The summed E-state index contributed by atoms with van der Waals surface area (Å²) in [6.07, 6.45) is 4.01. The third-order valence-corrected chi connectivity index (χ3v) is 13.7. The van der Waals surface area contributed by atoms with Gasteiger partial charge < -0.3 is 67.5 Å². The average Bonchev–Trinajstić information content (AvgIpc) is 4.27. The fourth-order valence-corrected chi connectivity index (χ4v) is 9.86. The number of aliphatic carboxylic acids is 1. The Labute approximate surface area is 431 Å². The first kappa shape index (κ1) is 54.4. The maximum absolute atomic E-state index is 14.1. The lowest BCUT2D eigenvalue weighted by Gasteiger charge is -2.28. The molecule has 23 nitrogen and oxygen atoms in total. The van der Waals surface area contributed by atoms with Crippen LogP contribution in [-0.2, 0) is 67.2 Å². The lowest BCUT2D eigenvalue weighted by molar-refractivity contribution is -0.141. The zero-order chi connectivity index (χ0) is 53.6. The molecule has 398 valence electrons. The minimum Gasteiger partial charge on any atom is -0.508 e. The summed E-state index contributed by atoms with van der Waals surface area (Å²) in [4.78, 5) is 141. The van der Waals surface area contributed by atoms with Crippen molar-refractivity contribution in [3.8, 4) is 5.75 Å². The minimum atomic E-state index is -1.27. The number of fused-ring (bicyclic) bond motifs is 1. The van der Waals surface area contributed by atoms with Gasteiger partial charge in [0.2, 0.25) is 53.2 Å². The van der Waals surface area contributed by atoms with E-state index in [1.54, 1.807) is 48.7 Å². The van der Waals surface area contributed by atoms with Gasteiger partial charge in [0.15, 0.2) is 0 Å². The van der Waals surface area contributed by atoms with Crippen LogP contribution in [0.2, 0.25) is 0 Å². The first-order valence-electron chi connectivity index (χ1n) is 25.0. The average molecular weight is 1030 g/mol. The van der Waals surface area contributed by atoms with Crippen molar-refractivity contribution in [3.05, 3.63) is 102 Å². The molecule has 9 amide bonds. The van der Waals surface area contributed by atoms with E-state index < -0.39 is 115 Å². The van der Waals surface area contributed by atoms with Gasteiger partial charge in [-0.05, 0) is 73.4 Å². The summed E-state index contributed by atoms with van der Waals surface area (Å²) in [6, 6.07) is 15.7. The van der Waals surface area contributed by atoms with E-state index in [0.717, 1.165) is 10.9 Å². The Bertz CT molecular complexity index is 2750. The van der Waals surface area contributed by atoms with Crippen LogP contribution in [0.4, 0.5) is 0 Å². The zero-order valence-corrected chi connectivity index (χ0v) is 41.3. The second-order valence-electron chi connectivity index (χ2n) is 18.8. The summed E-state index contributed by atoms with van der Waals surface area (Å²) < 4.78 is 0. The summed E-state index contributed by atoms with van der Waals surface area (Å²) >= 11 is 0. The second-order valence-corrected chi connectivity index (χ2v) is 18.8. The highest BCUT2D eigenvalue weighted by Gasteiger charge is 2.40. The highest BCUT2D eigenvalue weighted by Crippen LogP contribution is 2.23. The number of nitrogens with two attached hydrogens (primary N) is 1. The maximum atomic E-state index is 14.1. The molecule has 4 heterocycles. The van der Waals surface area contributed by atoms with E-state index in [4.69, 9.17) is 5.73 Å². The van der Waals surface area contributed by atoms with Crippen LogP contribution in [0.15, 0.2) is 85.1 Å². The van der Waals surface area contributed by atoms with Crippen molar-refractivity contribution in [1.29, 1.82) is 0 Å². The SMILES string of the molecule is NCC(=O)N1CCC[C@H]1C(=O)N[C@@H](Cc1ccc(O)cc1)C(=O)NCC(=O)N1CCC[C@H]1C(=O)N[C@@H](Cc1ccccc1)C(=O)NCC(=O)N1CCC[C@H]1C(=O)N[C@@H](Cc1c[nH]c2ccccc12)C(=O)NCC(=O)O. The van der Waals surface area contributed by atoms with Crippen molar-refractivity contribution >= 4 is 70.0 Å². The van der Waals surface area contributed by atoms with E-state index in [1.807, 2.05) is 24.3 Å². The number of aromatic amines is 1. The van der Waals surface area contributed by atoms with Crippen molar-refractivity contribution in [1.82, 2.24) is 51.6 Å². The van der Waals surface area contributed by atoms with Crippen LogP contribution in [0.5, 0.6) is 5.75 Å². The molecule has 4 aromatic rings. The number of para-hydroxylation sites is 1. The lowest BCUT2D eigenvalue weighted by Crippen LogP contribution is -2.57. The van der Waals surface area contributed by atoms with E-state index in [1.165, 1.54) is 26.8 Å². The third-order valence-electron chi connectivity index (χ3n) is 13.7. The number of hydrogen-bond donors (Lipinski definition) is 10. The summed E-state index contributed by atoms with van der Waals surface area (Å²) in [6.45, 7) is -1.38. The van der Waals surface area contributed by atoms with Crippen LogP contribution in [-0.4, -0.2) is 171 Å². The number of aromatic nitrogens is 1. The molecule has 3 fully saturated rings. The molecule has 75 heavy (non-hydrogen) atoms. The Balaban J connectivity index is 0.967. The van der Waals surface area contributed by atoms with E-state index in [-0.39, 0.29) is 57.5 Å². The number of carboxylic acids is 1. The number of phenolic OH excluding ortho intramolecular Hbond substituents is 1. The third kappa shape index (κ3) is 14.2. The van der Waals surface area contributed by atoms with Crippen molar-refractivity contribution in [2.75, 3.05) is 45.8 Å². The van der Waals surface area contributed by atoms with Gasteiger partial charge in [0.25, 0.3) is 0 Å². The highest BCUT2D eigenvalue weighted by molar-refractivity contribution is 5.98. The number of benzene rings is 3. The number of hydrogen-bond acceptors (Lipinski definition) is 12. The van der Waals surface area contributed by atoms with Gasteiger partial charge >= 0.3 is 5.97 Å². The summed E-state index contributed by atoms with van der Waals surface area (Å²) in [5, 5.41) is 35.6. The number of likely N-dealkylation sites (tertiary alicyclic amines) is 3. The molecule has 3 aliphatic rings. The monoisotopic (exact) mass is 1030 g/mol. The second kappa shape index (κ2) is 25.5. The summed E-state index contributed by atoms with van der Waals surface area (Å²) in [5.74, 6) is -6.89. The molecule has 0 saturated carbocycles. The summed E-state index contributed by atoms with van der Waals surface area (Å²) in [7, 11) is 0. The van der Waals surface area contributed by atoms with Gasteiger partial charge in [-0.15, -0.1) is 0 Å². The Morgan fingerprint density at radius 3 is 1.45 bits per heavy atom. The lowest BCUT2D eigenvalue weighted by atomic mass is 10.0. The molecular formula is C52H63N11O12. The fourth-order valence-electron chi connectivity index (χ4n) is 9.86. The molecule has 3 aromatic carbocycles. The minimum absolute atomic E-state index is 0.00604. The molecule has 0 unspecified atom stereocenters. The zero-order valence-electron chi connectivity index (χ0n) is 41.3. The summed E-state index contributed by atoms with van der Waals surface area (Å²) in [5.41, 5.74) is 8.33. The number of nitrogens with zero attached hydrogens (tertiary/aromatic N) is 3. The Morgan fingerprint density at radius 2 is 0.973 bits per heavy atom. The van der Waals surface area contributed by atoms with E-state index in [9.17, 15) is 58.2 Å². The van der Waals surface area contributed by atoms with Crippen molar-refractivity contribution in [2.45, 2.75) is 94.0 Å². The molecule has 23 heteroatoms. The largest absolute Gasteiger partial charge is 0.508 e. The molecule has 0 radical (unpaired) electrons. The number of carboxylic acid groups (broad SMARTS) is 1. The Kier molecular flexibility index (Phi) is 18.5. The molecule has 3 saturated heterocycles. The predicted molar refractivity (Wildman–Crippen MR) is 270 cm³/mol. The molecular weight excluding hydrogens is 971 g/mol.